The minimum atomic E-state index is -0.487. The molecule has 4 N–H and O–H groups in total. The Morgan fingerprint density at radius 3 is 2.00 bits per heavy atom. The molecule has 5 nitrogen and oxygen atoms in total. The summed E-state index contributed by atoms with van der Waals surface area (Å²) in [5, 5.41) is 6.19. The highest BCUT2D eigenvalue weighted by molar-refractivity contribution is 5.95. The molecule has 0 fully saturated rings. The van der Waals surface area contributed by atoms with Gasteiger partial charge >= 0.3 is 0 Å². The van der Waals surface area contributed by atoms with Crippen molar-refractivity contribution < 1.29 is 9.59 Å². The van der Waals surface area contributed by atoms with Crippen LogP contribution in [-0.4, -0.2) is 18.4 Å². The van der Waals surface area contributed by atoms with Gasteiger partial charge in [-0.05, 0) is 53.6 Å². The number of carbonyl (C=O) groups excluding carboxylic acids is 2. The molecule has 150 valence electrons. The van der Waals surface area contributed by atoms with E-state index in [9.17, 15) is 9.59 Å². The van der Waals surface area contributed by atoms with E-state index < -0.39 is 5.91 Å². The van der Waals surface area contributed by atoms with E-state index in [0.717, 1.165) is 6.42 Å². The zero-order valence-corrected chi connectivity index (χ0v) is 17.2. The van der Waals surface area contributed by atoms with Gasteiger partial charge in [-0.2, -0.15) is 0 Å². The van der Waals surface area contributed by atoms with E-state index >= 15 is 0 Å². The molecule has 0 saturated heterocycles. The molecule has 0 aliphatic heterocycles. The second-order valence-electron chi connectivity index (χ2n) is 7.57. The van der Waals surface area contributed by atoms with Crippen molar-refractivity contribution in [3.63, 3.8) is 0 Å². The van der Waals surface area contributed by atoms with E-state index in [1.807, 2.05) is 0 Å². The van der Waals surface area contributed by atoms with Gasteiger partial charge in [0.15, 0.2) is 0 Å². The number of hydrogen-bond acceptors (Lipinski definition) is 3. The van der Waals surface area contributed by atoms with Gasteiger partial charge in [-0.3, -0.25) is 9.59 Å². The number of amides is 2. The highest BCUT2D eigenvalue weighted by Gasteiger charge is 2.17. The monoisotopic (exact) mass is 381 g/mol. The maximum Gasteiger partial charge on any atom is 0.248 e. The smallest absolute Gasteiger partial charge is 0.248 e. The van der Waals surface area contributed by atoms with Crippen LogP contribution in [0.1, 0.15) is 67.6 Å². The van der Waals surface area contributed by atoms with Gasteiger partial charge in [-0.15, -0.1) is 0 Å². The van der Waals surface area contributed by atoms with E-state index in [1.54, 1.807) is 24.3 Å². The molecule has 2 atom stereocenters. The fraction of sp³-hybridized carbons (Fsp3) is 0.391. The van der Waals surface area contributed by atoms with Gasteiger partial charge in [0, 0.05) is 17.3 Å². The fourth-order valence-electron chi connectivity index (χ4n) is 3.13. The summed E-state index contributed by atoms with van der Waals surface area (Å²) in [6.07, 6.45) is 1.12. The lowest BCUT2D eigenvalue weighted by atomic mass is 9.92. The van der Waals surface area contributed by atoms with Gasteiger partial charge in [-0.25, -0.2) is 0 Å². The van der Waals surface area contributed by atoms with Gasteiger partial charge in [0.1, 0.15) is 0 Å². The minimum absolute atomic E-state index is 0.0916. The first-order chi connectivity index (χ1) is 13.3. The number of nitrogens with two attached hydrogens (primary N) is 1. The summed E-state index contributed by atoms with van der Waals surface area (Å²) in [6.45, 7) is 8.90. The number of primary amides is 1. The van der Waals surface area contributed by atoms with Crippen LogP contribution in [-0.2, 0) is 4.79 Å². The topological polar surface area (TPSA) is 84.2 Å². The molecule has 0 unspecified atom stereocenters. The highest BCUT2D eigenvalue weighted by atomic mass is 16.2. The average molecular weight is 382 g/mol. The van der Waals surface area contributed by atoms with Crippen molar-refractivity contribution in [1.82, 2.24) is 5.32 Å². The molecule has 0 spiro atoms. The van der Waals surface area contributed by atoms with Crippen LogP contribution < -0.4 is 16.4 Å². The Hall–Kier alpha value is -2.66. The predicted molar refractivity (Wildman–Crippen MR) is 114 cm³/mol. The lowest BCUT2D eigenvalue weighted by molar-refractivity contribution is -0.115. The third-order valence-electron chi connectivity index (χ3n) is 5.08. The molecule has 28 heavy (non-hydrogen) atoms. The predicted octanol–water partition coefficient (Wildman–Crippen LogP) is 4.22. The summed E-state index contributed by atoms with van der Waals surface area (Å²) in [5.74, 6) is 0.274. The summed E-state index contributed by atoms with van der Waals surface area (Å²) >= 11 is 0. The van der Waals surface area contributed by atoms with Crippen LogP contribution >= 0.6 is 0 Å². The Morgan fingerprint density at radius 2 is 1.50 bits per heavy atom. The Labute approximate surface area is 167 Å². The molecular formula is C23H31N3O2. The number of nitrogens with one attached hydrogen (secondary N) is 2. The van der Waals surface area contributed by atoms with Crippen molar-refractivity contribution in [1.29, 1.82) is 0 Å². The maximum atomic E-state index is 12.3. The van der Waals surface area contributed by atoms with Crippen LogP contribution in [0.3, 0.4) is 0 Å². The average Bonchev–Trinajstić information content (AvgIpc) is 2.68. The van der Waals surface area contributed by atoms with Crippen LogP contribution in [0.4, 0.5) is 5.69 Å². The van der Waals surface area contributed by atoms with Gasteiger partial charge in [0.05, 0.1) is 6.54 Å². The second kappa shape index (κ2) is 10.0. The molecule has 2 aromatic carbocycles. The zero-order valence-electron chi connectivity index (χ0n) is 17.2. The van der Waals surface area contributed by atoms with E-state index in [4.69, 9.17) is 5.73 Å². The molecule has 0 heterocycles. The number of rotatable bonds is 9. The highest BCUT2D eigenvalue weighted by Crippen LogP contribution is 2.25. The second-order valence-corrected chi connectivity index (χ2v) is 7.57. The van der Waals surface area contributed by atoms with Crippen molar-refractivity contribution >= 4 is 17.5 Å². The van der Waals surface area contributed by atoms with Gasteiger partial charge < -0.3 is 16.4 Å². The van der Waals surface area contributed by atoms with Crippen LogP contribution in [0, 0.1) is 5.92 Å². The van der Waals surface area contributed by atoms with E-state index in [1.165, 1.54) is 11.1 Å². The third kappa shape index (κ3) is 5.92. The Bertz CT molecular complexity index is 782. The first kappa shape index (κ1) is 21.6. The van der Waals surface area contributed by atoms with Crippen molar-refractivity contribution in [2.24, 2.45) is 11.7 Å². The first-order valence-corrected chi connectivity index (χ1v) is 9.84. The molecule has 5 heteroatoms. The molecule has 0 saturated carbocycles. The summed E-state index contributed by atoms with van der Waals surface area (Å²) < 4.78 is 0. The summed E-state index contributed by atoms with van der Waals surface area (Å²) in [6, 6.07) is 15.3. The molecule has 0 bridgehead atoms. The number of benzene rings is 2. The molecule has 2 aromatic rings. The summed E-state index contributed by atoms with van der Waals surface area (Å²) in [7, 11) is 0. The molecule has 2 amide bonds. The van der Waals surface area contributed by atoms with Crippen LogP contribution in [0.25, 0.3) is 0 Å². The fourth-order valence-corrected chi connectivity index (χ4v) is 3.13. The quantitative estimate of drug-likeness (QED) is 0.608. The van der Waals surface area contributed by atoms with Crippen LogP contribution in [0.5, 0.6) is 0 Å². The summed E-state index contributed by atoms with van der Waals surface area (Å²) in [5.41, 5.74) is 8.80. The van der Waals surface area contributed by atoms with Crippen molar-refractivity contribution in [2.75, 3.05) is 11.9 Å². The van der Waals surface area contributed by atoms with Gasteiger partial charge in [0.25, 0.3) is 0 Å². The molecule has 0 aliphatic rings. The van der Waals surface area contributed by atoms with E-state index in [0.29, 0.717) is 23.1 Å². The van der Waals surface area contributed by atoms with Crippen LogP contribution in [0.15, 0.2) is 48.5 Å². The van der Waals surface area contributed by atoms with Crippen LogP contribution in [0.2, 0.25) is 0 Å². The van der Waals surface area contributed by atoms with Crippen molar-refractivity contribution in [3.8, 4) is 0 Å². The zero-order chi connectivity index (χ0) is 20.7. The number of carbonyl (C=O) groups is 2. The molecule has 0 radical (unpaired) electrons. The van der Waals surface area contributed by atoms with E-state index in [2.05, 4.69) is 62.6 Å². The van der Waals surface area contributed by atoms with Gasteiger partial charge in [-0.1, -0.05) is 52.0 Å². The van der Waals surface area contributed by atoms with E-state index in [-0.39, 0.29) is 18.5 Å². The first-order valence-electron chi connectivity index (χ1n) is 9.84. The summed E-state index contributed by atoms with van der Waals surface area (Å²) in [4.78, 5) is 23.4. The molecule has 0 aliphatic carbocycles. The Balaban J connectivity index is 1.96. The normalized spacial score (nSPS) is 13.2. The molecular weight excluding hydrogens is 350 g/mol. The lowest BCUT2D eigenvalue weighted by Crippen LogP contribution is -2.33. The lowest BCUT2D eigenvalue weighted by Gasteiger charge is -2.23. The van der Waals surface area contributed by atoms with Gasteiger partial charge in [0.2, 0.25) is 11.8 Å². The third-order valence-corrected chi connectivity index (χ3v) is 5.08. The molecule has 2 rings (SSSR count). The number of hydrogen-bond donors (Lipinski definition) is 3. The SMILES string of the molecule is CC[C@@H](C)c1ccc([C@H](NCC(=O)Nc2ccc(C(N)=O)cc2)C(C)C)cc1. The van der Waals surface area contributed by atoms with Crippen molar-refractivity contribution in [3.05, 3.63) is 65.2 Å². The Kier molecular flexibility index (Phi) is 7.76. The minimum Gasteiger partial charge on any atom is -0.366 e. The number of anilines is 1. The molecule has 0 aromatic heterocycles. The largest absolute Gasteiger partial charge is 0.366 e. The van der Waals surface area contributed by atoms with Crippen molar-refractivity contribution in [2.45, 2.75) is 46.1 Å². The maximum absolute atomic E-state index is 12.3. The Morgan fingerprint density at radius 1 is 0.929 bits per heavy atom. The standard InChI is InChI=1S/C23H31N3O2/c1-5-16(4)17-6-8-18(9-7-17)22(15(2)3)25-14-21(27)26-20-12-10-19(11-13-20)23(24)28/h6-13,15-16,22,25H,5,14H2,1-4H3,(H2,24,28)(H,26,27)/t16-,22-/m1/s1.